The van der Waals surface area contributed by atoms with Gasteiger partial charge in [-0.25, -0.2) is 0 Å². The topological polar surface area (TPSA) is 84.2 Å². The molecule has 0 saturated carbocycles. The molecule has 2 rings (SSSR count). The van der Waals surface area contributed by atoms with E-state index in [2.05, 4.69) is 10.6 Å². The van der Waals surface area contributed by atoms with Crippen molar-refractivity contribution < 1.29 is 9.59 Å². The second-order valence-corrected chi connectivity index (χ2v) is 6.67. The third-order valence-electron chi connectivity index (χ3n) is 3.51. The minimum absolute atomic E-state index is 0.169. The number of halogens is 1. The van der Waals surface area contributed by atoms with Gasteiger partial charge in [-0.05, 0) is 41.8 Å². The van der Waals surface area contributed by atoms with Crippen molar-refractivity contribution in [2.45, 2.75) is 20.3 Å². The fraction of sp³-hybridized carbons (Fsp3) is 0.263. The van der Waals surface area contributed by atoms with Crippen LogP contribution in [0.4, 0.5) is 11.4 Å². The second kappa shape index (κ2) is 8.53. The molecule has 6 heteroatoms. The Balaban J connectivity index is 1.98. The SMILES string of the molecule is CC(C)CNC(=O)c1ccc(NC(=O)Cc2ccc(N)cc2)cc1Cl. The average molecular weight is 360 g/mol. The zero-order valence-electron chi connectivity index (χ0n) is 14.3. The van der Waals surface area contributed by atoms with E-state index in [9.17, 15) is 9.59 Å². The van der Waals surface area contributed by atoms with Crippen molar-refractivity contribution in [3.63, 3.8) is 0 Å². The largest absolute Gasteiger partial charge is 0.399 e. The van der Waals surface area contributed by atoms with Crippen LogP contribution >= 0.6 is 11.6 Å². The molecule has 0 heterocycles. The predicted octanol–water partition coefficient (Wildman–Crippen LogP) is 3.49. The van der Waals surface area contributed by atoms with Crippen LogP contribution in [0.2, 0.25) is 5.02 Å². The van der Waals surface area contributed by atoms with Gasteiger partial charge in [0.1, 0.15) is 0 Å². The number of rotatable bonds is 6. The highest BCUT2D eigenvalue weighted by molar-refractivity contribution is 6.34. The third kappa shape index (κ3) is 5.80. The molecule has 0 aliphatic heterocycles. The molecule has 2 aromatic rings. The van der Waals surface area contributed by atoms with Gasteiger partial charge in [0.2, 0.25) is 5.91 Å². The summed E-state index contributed by atoms with van der Waals surface area (Å²) in [6.07, 6.45) is 0.231. The molecule has 25 heavy (non-hydrogen) atoms. The summed E-state index contributed by atoms with van der Waals surface area (Å²) in [4.78, 5) is 24.2. The van der Waals surface area contributed by atoms with Gasteiger partial charge in [-0.2, -0.15) is 0 Å². The molecule has 0 aromatic heterocycles. The van der Waals surface area contributed by atoms with E-state index in [1.807, 2.05) is 26.0 Å². The molecule has 0 unspecified atom stereocenters. The molecule has 0 fully saturated rings. The van der Waals surface area contributed by atoms with Crippen LogP contribution in [0.1, 0.15) is 29.8 Å². The molecule has 2 amide bonds. The maximum Gasteiger partial charge on any atom is 0.252 e. The third-order valence-corrected chi connectivity index (χ3v) is 3.83. The van der Waals surface area contributed by atoms with Crippen LogP contribution < -0.4 is 16.4 Å². The Morgan fingerprint density at radius 2 is 1.80 bits per heavy atom. The highest BCUT2D eigenvalue weighted by Crippen LogP contribution is 2.21. The summed E-state index contributed by atoms with van der Waals surface area (Å²) < 4.78 is 0. The van der Waals surface area contributed by atoms with Gasteiger partial charge in [-0.15, -0.1) is 0 Å². The number of benzene rings is 2. The quantitative estimate of drug-likeness (QED) is 0.690. The first-order valence-electron chi connectivity index (χ1n) is 8.07. The van der Waals surface area contributed by atoms with E-state index in [1.54, 1.807) is 30.3 Å². The molecule has 0 spiro atoms. The molecular formula is C19H22ClN3O2. The van der Waals surface area contributed by atoms with E-state index < -0.39 is 0 Å². The maximum atomic E-state index is 12.1. The fourth-order valence-corrected chi connectivity index (χ4v) is 2.46. The number of nitrogen functional groups attached to an aromatic ring is 1. The maximum absolute atomic E-state index is 12.1. The molecule has 0 radical (unpaired) electrons. The first-order valence-corrected chi connectivity index (χ1v) is 8.45. The lowest BCUT2D eigenvalue weighted by Gasteiger charge is -2.11. The van der Waals surface area contributed by atoms with Gasteiger partial charge in [0.15, 0.2) is 0 Å². The van der Waals surface area contributed by atoms with Crippen molar-refractivity contribution in [2.75, 3.05) is 17.6 Å². The second-order valence-electron chi connectivity index (χ2n) is 6.27. The Morgan fingerprint density at radius 1 is 1.12 bits per heavy atom. The van der Waals surface area contributed by atoms with Crippen LogP contribution in [0.3, 0.4) is 0 Å². The minimum Gasteiger partial charge on any atom is -0.399 e. The van der Waals surface area contributed by atoms with Crippen LogP contribution in [0, 0.1) is 5.92 Å². The monoisotopic (exact) mass is 359 g/mol. The van der Waals surface area contributed by atoms with Crippen molar-refractivity contribution in [2.24, 2.45) is 5.92 Å². The van der Waals surface area contributed by atoms with E-state index in [0.717, 1.165) is 5.56 Å². The Morgan fingerprint density at radius 3 is 2.40 bits per heavy atom. The number of nitrogens with two attached hydrogens (primary N) is 1. The zero-order chi connectivity index (χ0) is 18.4. The van der Waals surface area contributed by atoms with Crippen molar-refractivity contribution in [1.82, 2.24) is 5.32 Å². The molecule has 0 aliphatic carbocycles. The highest BCUT2D eigenvalue weighted by Gasteiger charge is 2.12. The number of nitrogens with one attached hydrogen (secondary N) is 2. The van der Waals surface area contributed by atoms with Crippen LogP contribution in [0.15, 0.2) is 42.5 Å². The van der Waals surface area contributed by atoms with Gasteiger partial charge < -0.3 is 16.4 Å². The molecule has 0 bridgehead atoms. The number of carbonyl (C=O) groups is 2. The number of hydrogen-bond acceptors (Lipinski definition) is 3. The zero-order valence-corrected chi connectivity index (χ0v) is 15.1. The van der Waals surface area contributed by atoms with Gasteiger partial charge in [-0.1, -0.05) is 37.6 Å². The number of anilines is 2. The van der Waals surface area contributed by atoms with Gasteiger partial charge in [-0.3, -0.25) is 9.59 Å². The Bertz CT molecular complexity index is 758. The van der Waals surface area contributed by atoms with Crippen LogP contribution in [0.25, 0.3) is 0 Å². The molecule has 5 nitrogen and oxygen atoms in total. The lowest BCUT2D eigenvalue weighted by atomic mass is 10.1. The Labute approximate surface area is 152 Å². The lowest BCUT2D eigenvalue weighted by Crippen LogP contribution is -2.27. The first kappa shape index (κ1) is 18.8. The Kier molecular flexibility index (Phi) is 6.42. The van der Waals surface area contributed by atoms with E-state index in [4.69, 9.17) is 17.3 Å². The van der Waals surface area contributed by atoms with E-state index >= 15 is 0 Å². The fourth-order valence-electron chi connectivity index (χ4n) is 2.20. The van der Waals surface area contributed by atoms with Crippen LogP contribution in [-0.2, 0) is 11.2 Å². The normalized spacial score (nSPS) is 10.6. The average Bonchev–Trinajstić information content (AvgIpc) is 2.55. The molecule has 132 valence electrons. The molecular weight excluding hydrogens is 338 g/mol. The standard InChI is InChI=1S/C19H22ClN3O2/c1-12(2)11-22-19(25)16-8-7-15(10-17(16)20)23-18(24)9-13-3-5-14(21)6-4-13/h3-8,10,12H,9,11,21H2,1-2H3,(H,22,25)(H,23,24). The molecule has 0 aliphatic rings. The summed E-state index contributed by atoms with van der Waals surface area (Å²) >= 11 is 6.17. The minimum atomic E-state index is -0.224. The summed E-state index contributed by atoms with van der Waals surface area (Å²) in [6, 6.07) is 12.0. The van der Waals surface area contributed by atoms with Gasteiger partial charge in [0.25, 0.3) is 5.91 Å². The molecule has 0 saturated heterocycles. The van der Waals surface area contributed by atoms with Gasteiger partial charge >= 0.3 is 0 Å². The van der Waals surface area contributed by atoms with Crippen LogP contribution in [-0.4, -0.2) is 18.4 Å². The molecule has 4 N–H and O–H groups in total. The van der Waals surface area contributed by atoms with Gasteiger partial charge in [0.05, 0.1) is 17.0 Å². The lowest BCUT2D eigenvalue weighted by molar-refractivity contribution is -0.115. The Hall–Kier alpha value is -2.53. The summed E-state index contributed by atoms with van der Waals surface area (Å²) in [7, 11) is 0. The van der Waals surface area contributed by atoms with Crippen molar-refractivity contribution in [1.29, 1.82) is 0 Å². The van der Waals surface area contributed by atoms with Crippen molar-refractivity contribution in [3.05, 3.63) is 58.6 Å². The first-order chi connectivity index (χ1) is 11.8. The summed E-state index contributed by atoms with van der Waals surface area (Å²) in [5.74, 6) is -0.0362. The molecule has 2 aromatic carbocycles. The summed E-state index contributed by atoms with van der Waals surface area (Å²) in [6.45, 7) is 4.61. The van der Waals surface area contributed by atoms with Crippen molar-refractivity contribution in [3.8, 4) is 0 Å². The van der Waals surface area contributed by atoms with Crippen LogP contribution in [0.5, 0.6) is 0 Å². The number of hydrogen-bond donors (Lipinski definition) is 3. The highest BCUT2D eigenvalue weighted by atomic mass is 35.5. The summed E-state index contributed by atoms with van der Waals surface area (Å²) in [5, 5.41) is 5.89. The molecule has 0 atom stereocenters. The predicted molar refractivity (Wildman–Crippen MR) is 102 cm³/mol. The van der Waals surface area contributed by atoms with E-state index in [0.29, 0.717) is 34.4 Å². The summed E-state index contributed by atoms with van der Waals surface area (Å²) in [5.41, 5.74) is 8.08. The number of amides is 2. The number of carbonyl (C=O) groups excluding carboxylic acids is 2. The van der Waals surface area contributed by atoms with E-state index in [1.165, 1.54) is 0 Å². The smallest absolute Gasteiger partial charge is 0.252 e. The van der Waals surface area contributed by atoms with E-state index in [-0.39, 0.29) is 18.2 Å². The van der Waals surface area contributed by atoms with Gasteiger partial charge in [0, 0.05) is 17.9 Å². The van der Waals surface area contributed by atoms with Crippen molar-refractivity contribution >= 4 is 34.8 Å².